The summed E-state index contributed by atoms with van der Waals surface area (Å²) in [6, 6.07) is 9.77. The molecular formula is C22H27ClFN3O3S. The number of carbonyl (C=O) groups excluding carboxylic acids is 1. The van der Waals surface area contributed by atoms with E-state index in [1.165, 1.54) is 6.07 Å². The average Bonchev–Trinajstić information content (AvgIpc) is 2.71. The van der Waals surface area contributed by atoms with Gasteiger partial charge in [-0.05, 0) is 37.6 Å². The van der Waals surface area contributed by atoms with Crippen LogP contribution in [0.3, 0.4) is 0 Å². The number of halogens is 2. The van der Waals surface area contributed by atoms with Crippen molar-refractivity contribution < 1.29 is 17.6 Å². The van der Waals surface area contributed by atoms with E-state index in [-0.39, 0.29) is 29.6 Å². The normalized spacial score (nSPS) is 15.3. The minimum absolute atomic E-state index is 0.0412. The van der Waals surface area contributed by atoms with Crippen molar-refractivity contribution in [1.82, 2.24) is 14.5 Å². The molecule has 2 aromatic rings. The van der Waals surface area contributed by atoms with E-state index in [1.54, 1.807) is 36.1 Å². The first-order chi connectivity index (χ1) is 14.7. The molecule has 1 saturated heterocycles. The van der Waals surface area contributed by atoms with Crippen LogP contribution in [0.15, 0.2) is 41.3 Å². The second kappa shape index (κ2) is 10.1. The number of piperazine rings is 1. The highest BCUT2D eigenvalue weighted by molar-refractivity contribution is 7.89. The van der Waals surface area contributed by atoms with E-state index in [0.717, 1.165) is 5.56 Å². The Morgan fingerprint density at radius 3 is 2.48 bits per heavy atom. The molecule has 168 valence electrons. The van der Waals surface area contributed by atoms with Crippen LogP contribution in [0.2, 0.25) is 5.02 Å². The first-order valence-corrected chi connectivity index (χ1v) is 12.0. The first kappa shape index (κ1) is 23.7. The maximum Gasteiger partial charge on any atom is 0.240 e. The molecule has 0 bridgehead atoms. The highest BCUT2D eigenvalue weighted by atomic mass is 35.5. The largest absolute Gasteiger partial charge is 0.340 e. The Morgan fingerprint density at radius 2 is 1.84 bits per heavy atom. The minimum atomic E-state index is -3.66. The molecule has 6 nitrogen and oxygen atoms in total. The third-order valence-corrected chi connectivity index (χ3v) is 7.39. The van der Waals surface area contributed by atoms with Gasteiger partial charge in [0.2, 0.25) is 15.9 Å². The van der Waals surface area contributed by atoms with Crippen LogP contribution in [0.1, 0.15) is 23.1 Å². The summed E-state index contributed by atoms with van der Waals surface area (Å²) >= 11 is 6.10. The number of aryl methyl sites for hydroxylation is 2. The molecule has 0 unspecified atom stereocenters. The number of nitrogens with one attached hydrogen (secondary N) is 1. The van der Waals surface area contributed by atoms with Gasteiger partial charge in [0.25, 0.3) is 0 Å². The van der Waals surface area contributed by atoms with Gasteiger partial charge < -0.3 is 4.90 Å². The van der Waals surface area contributed by atoms with Gasteiger partial charge in [-0.3, -0.25) is 9.69 Å². The van der Waals surface area contributed by atoms with Crippen molar-refractivity contribution in [1.29, 1.82) is 0 Å². The molecule has 9 heteroatoms. The Labute approximate surface area is 188 Å². The molecule has 0 saturated carbocycles. The molecule has 1 aliphatic rings. The molecule has 1 heterocycles. The van der Waals surface area contributed by atoms with Gasteiger partial charge in [0.15, 0.2) is 0 Å². The van der Waals surface area contributed by atoms with Crippen LogP contribution in [-0.2, 0) is 21.4 Å². The molecule has 31 heavy (non-hydrogen) atoms. The van der Waals surface area contributed by atoms with Crippen LogP contribution in [-0.4, -0.2) is 56.8 Å². The fourth-order valence-corrected chi connectivity index (χ4v) is 5.17. The fourth-order valence-electron chi connectivity index (χ4n) is 3.69. The molecule has 2 aromatic carbocycles. The molecule has 1 N–H and O–H groups in total. The first-order valence-electron chi connectivity index (χ1n) is 10.2. The van der Waals surface area contributed by atoms with E-state index < -0.39 is 10.0 Å². The van der Waals surface area contributed by atoms with Gasteiger partial charge in [-0.2, -0.15) is 0 Å². The standard InChI is InChI=1S/C22H27ClFN3O3S/c1-16-6-7-21(17(2)14-16)31(29,30)25-9-8-22(28)27-12-10-26(11-13-27)15-18-19(23)4-3-5-20(18)24/h3-7,14,25H,8-13,15H2,1-2H3. The molecule has 0 aliphatic carbocycles. The molecule has 1 aliphatic heterocycles. The number of rotatable bonds is 7. The van der Waals surface area contributed by atoms with Gasteiger partial charge in [0.1, 0.15) is 5.82 Å². The molecule has 1 amide bonds. The molecule has 3 rings (SSSR count). The van der Waals surface area contributed by atoms with E-state index in [9.17, 15) is 17.6 Å². The molecule has 0 spiro atoms. The van der Waals surface area contributed by atoms with Crippen LogP contribution < -0.4 is 4.72 Å². The topological polar surface area (TPSA) is 69.7 Å². The maximum absolute atomic E-state index is 14.0. The number of amides is 1. The van der Waals surface area contributed by atoms with Gasteiger partial charge in [-0.1, -0.05) is 35.4 Å². The van der Waals surface area contributed by atoms with E-state index in [0.29, 0.717) is 48.9 Å². The highest BCUT2D eigenvalue weighted by Crippen LogP contribution is 2.21. The predicted molar refractivity (Wildman–Crippen MR) is 119 cm³/mol. The van der Waals surface area contributed by atoms with Crippen LogP contribution in [0, 0.1) is 19.7 Å². The predicted octanol–water partition coefficient (Wildman–Crippen LogP) is 3.11. The van der Waals surface area contributed by atoms with Gasteiger partial charge in [-0.25, -0.2) is 17.5 Å². The number of hydrogen-bond donors (Lipinski definition) is 1. The van der Waals surface area contributed by atoms with E-state index >= 15 is 0 Å². The van der Waals surface area contributed by atoms with Gasteiger partial charge >= 0.3 is 0 Å². The molecular weight excluding hydrogens is 441 g/mol. The van der Waals surface area contributed by atoms with Crippen molar-refractivity contribution in [3.8, 4) is 0 Å². The summed E-state index contributed by atoms with van der Waals surface area (Å²) in [5.74, 6) is -0.436. The van der Waals surface area contributed by atoms with E-state index in [1.807, 2.05) is 13.0 Å². The number of carbonyl (C=O) groups is 1. The minimum Gasteiger partial charge on any atom is -0.340 e. The third kappa shape index (κ3) is 6.04. The number of sulfonamides is 1. The zero-order valence-electron chi connectivity index (χ0n) is 17.7. The third-order valence-electron chi connectivity index (χ3n) is 5.42. The second-order valence-electron chi connectivity index (χ2n) is 7.77. The number of benzene rings is 2. The molecule has 0 atom stereocenters. The Balaban J connectivity index is 1.47. The summed E-state index contributed by atoms with van der Waals surface area (Å²) in [5, 5.41) is 0.398. The maximum atomic E-state index is 14.0. The highest BCUT2D eigenvalue weighted by Gasteiger charge is 2.23. The second-order valence-corrected chi connectivity index (χ2v) is 9.92. The van der Waals surface area contributed by atoms with Crippen LogP contribution in [0.5, 0.6) is 0 Å². The van der Waals surface area contributed by atoms with Crippen molar-refractivity contribution >= 4 is 27.5 Å². The van der Waals surface area contributed by atoms with Gasteiger partial charge in [0, 0.05) is 56.3 Å². The number of nitrogens with zero attached hydrogens (tertiary/aromatic N) is 2. The van der Waals surface area contributed by atoms with Crippen LogP contribution in [0.4, 0.5) is 4.39 Å². The smallest absolute Gasteiger partial charge is 0.240 e. The zero-order valence-corrected chi connectivity index (χ0v) is 19.3. The number of hydrogen-bond acceptors (Lipinski definition) is 4. The van der Waals surface area contributed by atoms with E-state index in [4.69, 9.17) is 11.6 Å². The van der Waals surface area contributed by atoms with Crippen LogP contribution >= 0.6 is 11.6 Å². The lowest BCUT2D eigenvalue weighted by molar-refractivity contribution is -0.132. The Hall–Kier alpha value is -2.00. The van der Waals surface area contributed by atoms with Crippen molar-refractivity contribution in [2.24, 2.45) is 0 Å². The molecule has 0 aromatic heterocycles. The summed E-state index contributed by atoms with van der Waals surface area (Å²) in [6.45, 7) is 6.31. The Kier molecular flexibility index (Phi) is 7.69. The summed E-state index contributed by atoms with van der Waals surface area (Å²) in [7, 11) is -3.66. The lowest BCUT2D eigenvalue weighted by atomic mass is 10.1. The summed E-state index contributed by atoms with van der Waals surface area (Å²) < 4.78 is 41.5. The Bertz CT molecular complexity index is 1030. The fraction of sp³-hybridized carbons (Fsp3) is 0.409. The van der Waals surface area contributed by atoms with Gasteiger partial charge in [-0.15, -0.1) is 0 Å². The van der Waals surface area contributed by atoms with Crippen molar-refractivity contribution in [3.63, 3.8) is 0 Å². The average molecular weight is 468 g/mol. The monoisotopic (exact) mass is 467 g/mol. The van der Waals surface area contributed by atoms with Crippen molar-refractivity contribution in [3.05, 3.63) is 63.9 Å². The Morgan fingerprint density at radius 1 is 1.13 bits per heavy atom. The quantitative estimate of drug-likeness (QED) is 0.679. The van der Waals surface area contributed by atoms with Crippen molar-refractivity contribution in [2.75, 3.05) is 32.7 Å². The summed E-state index contributed by atoms with van der Waals surface area (Å²) in [6.07, 6.45) is 0.0866. The van der Waals surface area contributed by atoms with Gasteiger partial charge in [0.05, 0.1) is 4.90 Å². The lowest BCUT2D eigenvalue weighted by Gasteiger charge is -2.35. The molecule has 1 fully saturated rings. The van der Waals surface area contributed by atoms with Crippen LogP contribution in [0.25, 0.3) is 0 Å². The summed E-state index contributed by atoms with van der Waals surface area (Å²) in [5.41, 5.74) is 2.12. The zero-order chi connectivity index (χ0) is 22.6. The van der Waals surface area contributed by atoms with E-state index in [2.05, 4.69) is 9.62 Å². The van der Waals surface area contributed by atoms with Crippen molar-refractivity contribution in [2.45, 2.75) is 31.7 Å². The lowest BCUT2D eigenvalue weighted by Crippen LogP contribution is -2.48. The SMILES string of the molecule is Cc1ccc(S(=O)(=O)NCCC(=O)N2CCN(Cc3c(F)cccc3Cl)CC2)c(C)c1. The molecule has 0 radical (unpaired) electrons. The summed E-state index contributed by atoms with van der Waals surface area (Å²) in [4.78, 5) is 16.5.